The van der Waals surface area contributed by atoms with Crippen molar-refractivity contribution in [2.24, 2.45) is 0 Å². The molecule has 2 atom stereocenters. The lowest BCUT2D eigenvalue weighted by Gasteiger charge is -2.37. The molecule has 1 fully saturated rings. The molecule has 0 radical (unpaired) electrons. The van der Waals surface area contributed by atoms with Crippen molar-refractivity contribution in [3.63, 3.8) is 0 Å². The normalized spacial score (nSPS) is 22.6. The van der Waals surface area contributed by atoms with Crippen LogP contribution in [0, 0.1) is 0 Å². The lowest BCUT2D eigenvalue weighted by atomic mass is 9.84. The average molecular weight is 474 g/mol. The Morgan fingerprint density at radius 3 is 2.79 bits per heavy atom. The number of carbonyl (C=O) groups excluding carboxylic acids is 1. The summed E-state index contributed by atoms with van der Waals surface area (Å²) in [6.45, 7) is -0.890. The van der Waals surface area contributed by atoms with Gasteiger partial charge in [-0.3, -0.25) is 4.79 Å². The summed E-state index contributed by atoms with van der Waals surface area (Å²) in [5.74, 6) is -2.02. The number of hydrogen-bond acceptors (Lipinski definition) is 5. The number of ether oxygens (including phenoxy) is 1. The molecular formula is C23H21F3N4O4. The van der Waals surface area contributed by atoms with Gasteiger partial charge in [-0.15, -0.1) is 0 Å². The Morgan fingerprint density at radius 1 is 1.26 bits per heavy atom. The summed E-state index contributed by atoms with van der Waals surface area (Å²) in [6.07, 6.45) is 3.86. The summed E-state index contributed by atoms with van der Waals surface area (Å²) < 4.78 is 47.7. The molecule has 178 valence electrons. The first-order valence-corrected chi connectivity index (χ1v) is 10.9. The minimum absolute atomic E-state index is 0.102. The Balaban J connectivity index is 1.58. The number of nitrogens with zero attached hydrogens (tertiary/aromatic N) is 4. The first kappa shape index (κ1) is 22.3. The van der Waals surface area contributed by atoms with Gasteiger partial charge in [-0.2, -0.15) is 18.3 Å². The van der Waals surface area contributed by atoms with Crippen molar-refractivity contribution in [3.8, 4) is 0 Å². The number of carboxylic acid groups (broad SMARTS) is 1. The lowest BCUT2D eigenvalue weighted by Crippen LogP contribution is -2.48. The van der Waals surface area contributed by atoms with Gasteiger partial charge in [-0.05, 0) is 37.3 Å². The van der Waals surface area contributed by atoms with Gasteiger partial charge in [0.15, 0.2) is 5.69 Å². The van der Waals surface area contributed by atoms with E-state index in [9.17, 15) is 27.9 Å². The zero-order chi connectivity index (χ0) is 24.0. The van der Waals surface area contributed by atoms with E-state index in [0.717, 1.165) is 17.7 Å². The number of hydrogen-bond donors (Lipinski definition) is 1. The molecule has 2 aliphatic heterocycles. The van der Waals surface area contributed by atoms with Crippen LogP contribution in [-0.4, -0.2) is 62.0 Å². The van der Waals surface area contributed by atoms with E-state index in [1.807, 2.05) is 0 Å². The minimum atomic E-state index is -4.62. The fourth-order valence-electron chi connectivity index (χ4n) is 4.70. The van der Waals surface area contributed by atoms with Gasteiger partial charge >= 0.3 is 12.1 Å². The Morgan fingerprint density at radius 2 is 2.09 bits per heavy atom. The zero-order valence-electron chi connectivity index (χ0n) is 18.0. The molecule has 2 aromatic rings. The second kappa shape index (κ2) is 8.39. The van der Waals surface area contributed by atoms with E-state index in [1.165, 1.54) is 23.2 Å². The van der Waals surface area contributed by atoms with Crippen LogP contribution >= 0.6 is 0 Å². The SMILES string of the molecule is O=C(O)c1ncccc1C1=CC2C(=CC1)c1nn(C3CCCCO3)cc1C(=O)N2CC(F)(F)F. The molecule has 4 heterocycles. The first-order valence-electron chi connectivity index (χ1n) is 10.9. The largest absolute Gasteiger partial charge is 0.476 e. The van der Waals surface area contributed by atoms with Crippen molar-refractivity contribution >= 4 is 23.0 Å². The smallest absolute Gasteiger partial charge is 0.406 e. The molecule has 34 heavy (non-hydrogen) atoms. The molecule has 1 amide bonds. The van der Waals surface area contributed by atoms with E-state index < -0.39 is 30.6 Å². The molecule has 0 bridgehead atoms. The molecule has 1 N–H and O–H groups in total. The summed E-state index contributed by atoms with van der Waals surface area (Å²) in [6, 6.07) is 2.08. The molecule has 2 unspecified atom stereocenters. The van der Waals surface area contributed by atoms with E-state index in [0.29, 0.717) is 35.4 Å². The van der Waals surface area contributed by atoms with Crippen LogP contribution in [0.15, 0.2) is 36.7 Å². The second-order valence-corrected chi connectivity index (χ2v) is 8.45. The Kier molecular flexibility index (Phi) is 5.51. The van der Waals surface area contributed by atoms with Crippen LogP contribution in [0.25, 0.3) is 11.1 Å². The number of rotatable bonds is 4. The molecule has 5 rings (SSSR count). The number of allylic oxidation sites excluding steroid dienone is 2. The van der Waals surface area contributed by atoms with Gasteiger partial charge in [-0.1, -0.05) is 18.2 Å². The van der Waals surface area contributed by atoms with Crippen LogP contribution in [0.2, 0.25) is 0 Å². The van der Waals surface area contributed by atoms with Gasteiger partial charge < -0.3 is 14.7 Å². The van der Waals surface area contributed by atoms with Crippen LogP contribution in [0.1, 0.15) is 64.0 Å². The first-order chi connectivity index (χ1) is 16.2. The average Bonchev–Trinajstić information content (AvgIpc) is 3.27. The number of carboxylic acids is 1. The van der Waals surface area contributed by atoms with Crippen LogP contribution < -0.4 is 0 Å². The van der Waals surface area contributed by atoms with Crippen LogP contribution in [0.3, 0.4) is 0 Å². The molecular weight excluding hydrogens is 453 g/mol. The summed E-state index contributed by atoms with van der Waals surface area (Å²) in [5, 5.41) is 14.0. The van der Waals surface area contributed by atoms with Crippen LogP contribution in [-0.2, 0) is 4.74 Å². The van der Waals surface area contributed by atoms with E-state index in [2.05, 4.69) is 10.1 Å². The molecule has 1 saturated heterocycles. The van der Waals surface area contributed by atoms with Crippen LogP contribution in [0.4, 0.5) is 13.2 Å². The monoisotopic (exact) mass is 474 g/mol. The molecule has 3 aliphatic rings. The van der Waals surface area contributed by atoms with Crippen molar-refractivity contribution in [2.75, 3.05) is 13.2 Å². The van der Waals surface area contributed by atoms with Gasteiger partial charge in [0, 0.05) is 30.1 Å². The fourth-order valence-corrected chi connectivity index (χ4v) is 4.70. The number of aromatic carboxylic acids is 1. The van der Waals surface area contributed by atoms with Crippen molar-refractivity contribution in [1.29, 1.82) is 0 Å². The summed E-state index contributed by atoms with van der Waals surface area (Å²) in [4.78, 5) is 29.5. The Labute approximate surface area is 192 Å². The standard InChI is InChI=1S/C23H21F3N4O4/c24-23(25,26)12-29-17-10-13(14-4-3-8-27-20(14)22(32)33)6-7-15(17)19-16(21(29)31)11-30(28-19)18-5-1-2-9-34-18/h3-4,7-8,10-11,17-18H,1-2,5-6,9,12H2,(H,32,33). The number of carbonyl (C=O) groups is 2. The number of alkyl halides is 3. The predicted molar refractivity (Wildman–Crippen MR) is 114 cm³/mol. The molecule has 8 nitrogen and oxygen atoms in total. The third-order valence-electron chi connectivity index (χ3n) is 6.21. The highest BCUT2D eigenvalue weighted by atomic mass is 19.4. The molecule has 11 heteroatoms. The van der Waals surface area contributed by atoms with E-state index in [4.69, 9.17) is 4.74 Å². The minimum Gasteiger partial charge on any atom is -0.476 e. The van der Waals surface area contributed by atoms with Crippen molar-refractivity contribution in [1.82, 2.24) is 19.7 Å². The lowest BCUT2D eigenvalue weighted by molar-refractivity contribution is -0.141. The Hall–Kier alpha value is -3.47. The highest BCUT2D eigenvalue weighted by molar-refractivity contribution is 6.04. The maximum atomic E-state index is 13.5. The zero-order valence-corrected chi connectivity index (χ0v) is 18.0. The van der Waals surface area contributed by atoms with Gasteiger partial charge in [-0.25, -0.2) is 14.5 Å². The quantitative estimate of drug-likeness (QED) is 0.721. The molecule has 1 aliphatic carbocycles. The second-order valence-electron chi connectivity index (χ2n) is 8.45. The maximum Gasteiger partial charge on any atom is 0.406 e. The summed E-state index contributed by atoms with van der Waals surface area (Å²) >= 11 is 0. The topological polar surface area (TPSA) is 97.5 Å². The van der Waals surface area contributed by atoms with E-state index in [1.54, 1.807) is 18.2 Å². The van der Waals surface area contributed by atoms with Gasteiger partial charge in [0.1, 0.15) is 18.5 Å². The molecule has 0 saturated carbocycles. The van der Waals surface area contributed by atoms with Gasteiger partial charge in [0.25, 0.3) is 5.91 Å². The van der Waals surface area contributed by atoms with Gasteiger partial charge in [0.05, 0.1) is 11.6 Å². The highest BCUT2D eigenvalue weighted by Gasteiger charge is 2.44. The van der Waals surface area contributed by atoms with E-state index >= 15 is 0 Å². The number of amides is 1. The number of fused-ring (bicyclic) bond motifs is 3. The Bertz CT molecular complexity index is 1210. The van der Waals surface area contributed by atoms with Crippen molar-refractivity contribution in [2.45, 2.75) is 44.1 Å². The number of halogens is 3. The molecule has 2 aromatic heterocycles. The fraction of sp³-hybridized carbons (Fsp3) is 0.391. The predicted octanol–water partition coefficient (Wildman–Crippen LogP) is 3.93. The highest BCUT2D eigenvalue weighted by Crippen LogP contribution is 2.41. The third kappa shape index (κ3) is 4.00. The summed E-state index contributed by atoms with van der Waals surface area (Å²) in [7, 11) is 0. The van der Waals surface area contributed by atoms with E-state index in [-0.39, 0.29) is 23.9 Å². The van der Waals surface area contributed by atoms with Crippen molar-refractivity contribution in [3.05, 3.63) is 59.2 Å². The molecule has 0 spiro atoms. The third-order valence-corrected chi connectivity index (χ3v) is 6.21. The number of aromatic nitrogens is 3. The maximum absolute atomic E-state index is 13.5. The van der Waals surface area contributed by atoms with Crippen molar-refractivity contribution < 1.29 is 32.6 Å². The van der Waals surface area contributed by atoms with Gasteiger partial charge in [0.2, 0.25) is 0 Å². The van der Waals surface area contributed by atoms with Crippen LogP contribution in [0.5, 0.6) is 0 Å². The number of pyridine rings is 1. The molecule has 0 aromatic carbocycles. The summed E-state index contributed by atoms with van der Waals surface area (Å²) in [5.41, 5.74) is 1.51.